The number of nitrogens with one attached hydrogen (secondary N) is 1. The maximum absolute atomic E-state index is 12.1. The topological polar surface area (TPSA) is 99.0 Å². The normalized spacial score (nSPS) is 18.8. The average Bonchev–Trinajstić information content (AvgIpc) is 3.37. The van der Waals surface area contributed by atoms with E-state index in [1.54, 1.807) is 11.2 Å². The van der Waals surface area contributed by atoms with Gasteiger partial charge in [0.1, 0.15) is 29.5 Å². The zero-order chi connectivity index (χ0) is 21.2. The summed E-state index contributed by atoms with van der Waals surface area (Å²) in [5.41, 5.74) is 0.581. The largest absolute Gasteiger partial charge is 0.487 e. The fraction of sp³-hybridized carbons (Fsp3) is 0.381. The first kappa shape index (κ1) is 19.9. The van der Waals surface area contributed by atoms with Crippen LogP contribution < -0.4 is 10.1 Å². The van der Waals surface area contributed by atoms with Gasteiger partial charge in [0.05, 0.1) is 32.6 Å². The maximum atomic E-state index is 12.1. The van der Waals surface area contributed by atoms with Gasteiger partial charge in [0.15, 0.2) is 6.10 Å². The number of halogens is 1. The number of carbonyl (C=O) groups is 1. The zero-order valence-electron chi connectivity index (χ0n) is 16.6. The van der Waals surface area contributed by atoms with Crippen LogP contribution in [0.2, 0.25) is 5.28 Å². The Balaban J connectivity index is 1.28. The highest BCUT2D eigenvalue weighted by atomic mass is 35.5. The van der Waals surface area contributed by atoms with Crippen molar-refractivity contribution in [3.05, 3.63) is 47.6 Å². The van der Waals surface area contributed by atoms with Crippen molar-refractivity contribution in [2.45, 2.75) is 12.6 Å². The van der Waals surface area contributed by atoms with E-state index >= 15 is 0 Å². The number of rotatable bonds is 8. The van der Waals surface area contributed by atoms with Crippen LogP contribution in [-0.2, 0) is 16.0 Å². The fourth-order valence-corrected chi connectivity index (χ4v) is 3.80. The molecule has 1 amide bonds. The summed E-state index contributed by atoms with van der Waals surface area (Å²) in [5.74, 6) is 2.29. The molecular weight excluding hydrogens is 424 g/mol. The Bertz CT molecular complexity index is 1070. The second kappa shape index (κ2) is 8.60. The van der Waals surface area contributed by atoms with E-state index in [9.17, 15) is 4.79 Å². The molecule has 162 valence electrons. The lowest BCUT2D eigenvalue weighted by molar-refractivity contribution is -0.0406. The molecule has 2 aliphatic heterocycles. The molecule has 0 spiro atoms. The Morgan fingerprint density at radius 3 is 2.90 bits per heavy atom. The molecule has 0 aliphatic carbocycles. The summed E-state index contributed by atoms with van der Waals surface area (Å²) in [7, 11) is 0. The Kier molecular flexibility index (Phi) is 5.52. The van der Waals surface area contributed by atoms with Crippen molar-refractivity contribution in [1.29, 1.82) is 0 Å². The van der Waals surface area contributed by atoms with Gasteiger partial charge in [-0.1, -0.05) is 6.07 Å². The highest BCUT2D eigenvalue weighted by Gasteiger charge is 2.34. The van der Waals surface area contributed by atoms with Crippen LogP contribution in [0.15, 0.2) is 41.0 Å². The van der Waals surface area contributed by atoms with Crippen molar-refractivity contribution in [3.63, 3.8) is 0 Å². The van der Waals surface area contributed by atoms with Crippen molar-refractivity contribution in [1.82, 2.24) is 14.9 Å². The molecule has 10 heteroatoms. The number of anilines is 1. The fourth-order valence-electron chi connectivity index (χ4n) is 3.63. The smallest absolute Gasteiger partial charge is 0.410 e. The molecule has 9 nitrogen and oxygen atoms in total. The molecule has 0 saturated carbocycles. The standard InChI is InChI=1S/C21H21ClN4O5/c22-20-24-18-16(19(25-20)23-7-14-3-2-6-29-14)4-1-5-17(18)30-12-15-9-26(21(27)31-15)8-13-10-28-11-13/h1-6,13,15H,7-12H2,(H,23,24,25). The van der Waals surface area contributed by atoms with E-state index in [4.69, 9.17) is 30.2 Å². The van der Waals surface area contributed by atoms with E-state index in [-0.39, 0.29) is 24.1 Å². The summed E-state index contributed by atoms with van der Waals surface area (Å²) in [6.07, 6.45) is 0.955. The minimum atomic E-state index is -0.349. The van der Waals surface area contributed by atoms with Crippen LogP contribution in [0.5, 0.6) is 5.75 Å². The summed E-state index contributed by atoms with van der Waals surface area (Å²) in [6, 6.07) is 9.25. The van der Waals surface area contributed by atoms with E-state index in [1.165, 1.54) is 0 Å². The lowest BCUT2D eigenvalue weighted by Gasteiger charge is -2.28. The van der Waals surface area contributed by atoms with Crippen LogP contribution in [0, 0.1) is 5.92 Å². The molecule has 1 N–H and O–H groups in total. The number of nitrogens with zero attached hydrogens (tertiary/aromatic N) is 3. The molecule has 1 aromatic carbocycles. The highest BCUT2D eigenvalue weighted by Crippen LogP contribution is 2.30. The number of furan rings is 1. The van der Waals surface area contributed by atoms with Crippen molar-refractivity contribution in [2.75, 3.05) is 38.2 Å². The molecule has 4 heterocycles. The molecule has 0 radical (unpaired) electrons. The van der Waals surface area contributed by atoms with E-state index in [2.05, 4.69) is 15.3 Å². The number of amides is 1. The maximum Gasteiger partial charge on any atom is 0.410 e. The average molecular weight is 445 g/mol. The summed E-state index contributed by atoms with van der Waals surface area (Å²) in [5, 5.41) is 4.10. The van der Waals surface area contributed by atoms with Crippen LogP contribution in [0.25, 0.3) is 10.9 Å². The molecule has 0 bridgehead atoms. The Labute approximate surface area is 183 Å². The van der Waals surface area contributed by atoms with Gasteiger partial charge in [-0.2, -0.15) is 0 Å². The van der Waals surface area contributed by atoms with Crippen molar-refractivity contribution < 1.29 is 23.4 Å². The monoisotopic (exact) mass is 444 g/mol. The summed E-state index contributed by atoms with van der Waals surface area (Å²) in [6.45, 7) is 3.21. The van der Waals surface area contributed by atoms with Gasteiger partial charge in [0, 0.05) is 17.8 Å². The lowest BCUT2D eigenvalue weighted by atomic mass is 10.1. The predicted molar refractivity (Wildman–Crippen MR) is 112 cm³/mol. The Hall–Kier alpha value is -3.04. The van der Waals surface area contributed by atoms with Gasteiger partial charge in [-0.15, -0.1) is 0 Å². The Morgan fingerprint density at radius 1 is 1.23 bits per heavy atom. The van der Waals surface area contributed by atoms with Crippen LogP contribution >= 0.6 is 11.6 Å². The zero-order valence-corrected chi connectivity index (χ0v) is 17.4. The summed E-state index contributed by atoms with van der Waals surface area (Å²) < 4.78 is 22.0. The minimum absolute atomic E-state index is 0.103. The Morgan fingerprint density at radius 2 is 2.13 bits per heavy atom. The first-order valence-electron chi connectivity index (χ1n) is 10.0. The number of benzene rings is 1. The molecule has 2 aliphatic rings. The number of cyclic esters (lactones) is 1. The van der Waals surface area contributed by atoms with E-state index in [0.717, 1.165) is 11.1 Å². The number of carbonyl (C=O) groups excluding carboxylic acids is 1. The van der Waals surface area contributed by atoms with Gasteiger partial charge in [-0.3, -0.25) is 0 Å². The van der Waals surface area contributed by atoms with E-state index in [1.807, 2.05) is 30.3 Å². The number of ether oxygens (including phenoxy) is 3. The van der Waals surface area contributed by atoms with Gasteiger partial charge in [-0.05, 0) is 35.9 Å². The van der Waals surface area contributed by atoms with E-state index < -0.39 is 0 Å². The third-order valence-electron chi connectivity index (χ3n) is 5.23. The molecule has 5 rings (SSSR count). The number of hydrogen-bond donors (Lipinski definition) is 1. The third-order valence-corrected chi connectivity index (χ3v) is 5.40. The van der Waals surface area contributed by atoms with Gasteiger partial charge in [0.25, 0.3) is 0 Å². The highest BCUT2D eigenvalue weighted by molar-refractivity contribution is 6.29. The third kappa shape index (κ3) is 4.38. The van der Waals surface area contributed by atoms with Crippen molar-refractivity contribution >= 4 is 34.4 Å². The van der Waals surface area contributed by atoms with Crippen LogP contribution in [0.3, 0.4) is 0 Å². The van der Waals surface area contributed by atoms with Gasteiger partial charge in [0.2, 0.25) is 5.28 Å². The number of fused-ring (bicyclic) bond motifs is 1. The molecule has 31 heavy (non-hydrogen) atoms. The van der Waals surface area contributed by atoms with Crippen LogP contribution in [0.4, 0.5) is 10.6 Å². The second-order valence-corrected chi connectivity index (χ2v) is 7.89. The second-order valence-electron chi connectivity index (χ2n) is 7.55. The first-order valence-corrected chi connectivity index (χ1v) is 10.4. The van der Waals surface area contributed by atoms with E-state index in [0.29, 0.717) is 55.9 Å². The molecular formula is C21H21ClN4O5. The van der Waals surface area contributed by atoms with Gasteiger partial charge in [-0.25, -0.2) is 14.8 Å². The predicted octanol–water partition coefficient (Wildman–Crippen LogP) is 3.33. The SMILES string of the molecule is O=C1OC(COc2cccc3c(NCc4ccco4)nc(Cl)nc23)CN1CC1COC1. The molecule has 1 atom stereocenters. The molecule has 2 aromatic heterocycles. The quantitative estimate of drug-likeness (QED) is 0.528. The molecule has 2 saturated heterocycles. The lowest BCUT2D eigenvalue weighted by Crippen LogP contribution is -2.40. The number of aromatic nitrogens is 2. The number of para-hydroxylation sites is 1. The molecule has 1 unspecified atom stereocenters. The van der Waals surface area contributed by atoms with Gasteiger partial charge < -0.3 is 28.8 Å². The first-order chi connectivity index (χ1) is 15.2. The summed E-state index contributed by atoms with van der Waals surface area (Å²) in [4.78, 5) is 22.5. The van der Waals surface area contributed by atoms with Crippen molar-refractivity contribution in [2.24, 2.45) is 5.92 Å². The van der Waals surface area contributed by atoms with Crippen LogP contribution in [-0.4, -0.2) is 60.0 Å². The van der Waals surface area contributed by atoms with Crippen molar-refractivity contribution in [3.8, 4) is 5.75 Å². The van der Waals surface area contributed by atoms with Gasteiger partial charge >= 0.3 is 6.09 Å². The minimum Gasteiger partial charge on any atom is -0.487 e. The molecule has 2 fully saturated rings. The molecule has 3 aromatic rings. The summed E-state index contributed by atoms with van der Waals surface area (Å²) >= 11 is 6.16. The number of hydrogen-bond acceptors (Lipinski definition) is 8. The van der Waals surface area contributed by atoms with Crippen LogP contribution in [0.1, 0.15) is 5.76 Å².